The van der Waals surface area contributed by atoms with Gasteiger partial charge in [-0.1, -0.05) is 26.0 Å². The second kappa shape index (κ2) is 22.6. The Bertz CT molecular complexity index is 3610. The van der Waals surface area contributed by atoms with Crippen LogP contribution < -0.4 is 19.8 Å². The number of ether oxygens (including phenoxy) is 1. The Morgan fingerprint density at radius 2 is 1.67 bits per heavy atom. The number of sulfonamides is 1. The summed E-state index contributed by atoms with van der Waals surface area (Å²) in [6.45, 7) is 9.73. The highest BCUT2D eigenvalue weighted by molar-refractivity contribution is 7.92. The van der Waals surface area contributed by atoms with Crippen molar-refractivity contribution in [1.29, 1.82) is 5.26 Å². The lowest BCUT2D eigenvalue weighted by Gasteiger charge is -2.46. The van der Waals surface area contributed by atoms with E-state index in [-0.39, 0.29) is 88.5 Å². The van der Waals surface area contributed by atoms with E-state index in [2.05, 4.69) is 40.2 Å². The molecule has 0 bridgehead atoms. The summed E-state index contributed by atoms with van der Waals surface area (Å²) < 4.78 is 84.1. The van der Waals surface area contributed by atoms with E-state index in [1.165, 1.54) is 28.0 Å². The van der Waals surface area contributed by atoms with Gasteiger partial charge in [0.15, 0.2) is 4.90 Å². The third kappa shape index (κ3) is 12.5. The quantitative estimate of drug-likeness (QED) is 0.0363. The van der Waals surface area contributed by atoms with Crippen molar-refractivity contribution in [3.05, 3.63) is 140 Å². The number of quaternary nitrogens is 1. The molecule has 5 aromatic rings. The predicted octanol–water partition coefficient (Wildman–Crippen LogP) is 8.07. The lowest BCUT2D eigenvalue weighted by molar-refractivity contribution is -0.960. The first-order chi connectivity index (χ1) is 39.1. The number of imide groups is 1. The van der Waals surface area contributed by atoms with Gasteiger partial charge < -0.3 is 19.1 Å². The van der Waals surface area contributed by atoms with Crippen molar-refractivity contribution < 1.29 is 59.7 Å². The van der Waals surface area contributed by atoms with Crippen molar-refractivity contribution in [2.24, 2.45) is 18.9 Å². The van der Waals surface area contributed by atoms with Crippen LogP contribution in [0.3, 0.4) is 0 Å². The van der Waals surface area contributed by atoms with Gasteiger partial charge in [-0.3, -0.25) is 48.7 Å². The van der Waals surface area contributed by atoms with Gasteiger partial charge in [0.25, 0.3) is 39.3 Å². The smallest absolute Gasteiger partial charge is 0.416 e. The summed E-state index contributed by atoms with van der Waals surface area (Å²) in [5.41, 5.74) is -2.65. The fourth-order valence-electron chi connectivity index (χ4n) is 11.9. The van der Waals surface area contributed by atoms with Crippen molar-refractivity contribution in [2.75, 3.05) is 47.2 Å². The maximum Gasteiger partial charge on any atom is 0.416 e. The summed E-state index contributed by atoms with van der Waals surface area (Å²) in [5, 5.41) is 32.9. The number of nitro benzene ring substituents is 1. The molecular formula is C57H62F3N12O10S+. The summed E-state index contributed by atoms with van der Waals surface area (Å²) in [5.74, 6) is -1.67. The molecule has 9 rings (SSSR count). The zero-order chi connectivity index (χ0) is 60.0. The highest BCUT2D eigenvalue weighted by atomic mass is 32.2. The number of pyridine rings is 1. The van der Waals surface area contributed by atoms with Crippen LogP contribution in [0.25, 0.3) is 0 Å². The molecule has 3 aromatic carbocycles. The van der Waals surface area contributed by atoms with Crippen LogP contribution in [0.4, 0.5) is 41.0 Å². The highest BCUT2D eigenvalue weighted by Crippen LogP contribution is 2.53. The van der Waals surface area contributed by atoms with Gasteiger partial charge in [-0.25, -0.2) is 18.2 Å². The molecule has 2 fully saturated rings. The Morgan fingerprint density at radius 1 is 0.976 bits per heavy atom. The van der Waals surface area contributed by atoms with Crippen LogP contribution in [0.15, 0.2) is 90.1 Å². The molecule has 0 radical (unpaired) electrons. The largest absolute Gasteiger partial charge is 0.443 e. The van der Waals surface area contributed by atoms with E-state index >= 15 is 13.2 Å². The van der Waals surface area contributed by atoms with Gasteiger partial charge in [-0.15, -0.1) is 10.2 Å². The number of fused-ring (bicyclic) bond motifs is 1. The number of anilines is 3. The molecule has 4 aliphatic rings. The second-order valence-electron chi connectivity index (χ2n) is 23.0. The first kappa shape index (κ1) is 59.1. The molecule has 0 spiro atoms. The van der Waals surface area contributed by atoms with Gasteiger partial charge in [0.2, 0.25) is 0 Å². The van der Waals surface area contributed by atoms with Crippen LogP contribution in [0, 0.1) is 33.3 Å². The van der Waals surface area contributed by atoms with E-state index in [1.807, 2.05) is 0 Å². The predicted molar refractivity (Wildman–Crippen MR) is 295 cm³/mol. The third-order valence-electron chi connectivity index (χ3n) is 15.4. The number of carbonyl (C=O) groups is 5. The molecule has 83 heavy (non-hydrogen) atoms. The summed E-state index contributed by atoms with van der Waals surface area (Å²) in [7, 11) is -2.84. The van der Waals surface area contributed by atoms with Crippen LogP contribution >= 0.6 is 0 Å². The summed E-state index contributed by atoms with van der Waals surface area (Å²) in [6, 6.07) is 17.0. The Balaban J connectivity index is 0.988. The number of nitrogens with zero attached hydrogens (tertiary/aromatic N) is 10. The standard InChI is InChI=1S/C57H61F3N12O10S/c1-35-9-7-22-72(31-35,32-37-10-13-41(14-11-37)66-83(80,81)46-15-12-39(25-45(46)71(78)79)51(75)62-19-21-69-49(73)16-17-50(69)74)33-38-23-42-43(44(24-38)57(58,59)60)30-70(52(42)76)48-27-40(56(28-36(2)29-56)53-65-63-34-67(53)6)26-47(64-48)68(20-8-18-61)54(77)82-55(3,4)5/h10-17,23-27,34-36,66H,7-9,19-22,28-33H2,1-6H3/p+1/t35-,36-,56+,72?/m0/s1. The Labute approximate surface area is 476 Å². The molecule has 22 nitrogen and oxygen atoms in total. The molecule has 26 heteroatoms. The van der Waals surface area contributed by atoms with Crippen molar-refractivity contribution in [3.8, 4) is 6.07 Å². The summed E-state index contributed by atoms with van der Waals surface area (Å²) in [4.78, 5) is 84.0. The average molecular weight is 1160 g/mol. The number of amides is 5. The number of benzene rings is 3. The van der Waals surface area contributed by atoms with Crippen LogP contribution in [-0.2, 0) is 62.6 Å². The van der Waals surface area contributed by atoms with Crippen molar-refractivity contribution >= 4 is 62.8 Å². The van der Waals surface area contributed by atoms with Crippen molar-refractivity contribution in [1.82, 2.24) is 30.0 Å². The highest BCUT2D eigenvalue weighted by Gasteiger charge is 2.50. The van der Waals surface area contributed by atoms with E-state index in [1.54, 1.807) is 63.0 Å². The Morgan fingerprint density at radius 3 is 2.29 bits per heavy atom. The molecule has 1 unspecified atom stereocenters. The molecule has 2 atom stereocenters. The number of hydrogen-bond donors (Lipinski definition) is 2. The van der Waals surface area contributed by atoms with E-state index in [9.17, 15) is 47.8 Å². The Kier molecular flexibility index (Phi) is 16.1. The monoisotopic (exact) mass is 1160 g/mol. The SMILES string of the molecule is C[C@H]1CCC[N+](Cc2ccc(NS(=O)(=O)c3ccc(C(=O)NCCN4C(=O)C=CC4=O)cc3[N+](=O)[O-])cc2)(Cc2cc3c(c(C(F)(F)F)c2)CN(c2cc([C@]4(c5nncn5C)C[C@@H](C)C4)cc(N(CCC#N)C(=O)OC(C)(C)C)n2)C3=O)C1. The van der Waals surface area contributed by atoms with Gasteiger partial charge >= 0.3 is 12.3 Å². The summed E-state index contributed by atoms with van der Waals surface area (Å²) >= 11 is 0. The second-order valence-corrected chi connectivity index (χ2v) is 24.7. The lowest BCUT2D eigenvalue weighted by atomic mass is 9.58. The number of nitriles is 1. The molecule has 5 amide bonds. The molecule has 1 saturated heterocycles. The van der Waals surface area contributed by atoms with Crippen molar-refractivity contribution in [2.45, 2.75) is 108 Å². The van der Waals surface area contributed by atoms with Crippen LogP contribution in [-0.4, -0.2) is 111 Å². The number of nitrogens with one attached hydrogen (secondary N) is 2. The number of nitro groups is 1. The molecule has 1 saturated carbocycles. The molecule has 2 aromatic heterocycles. The van der Waals surface area contributed by atoms with Crippen LogP contribution in [0.2, 0.25) is 0 Å². The minimum atomic E-state index is -4.89. The van der Waals surface area contributed by atoms with Gasteiger partial charge in [-0.2, -0.15) is 18.4 Å². The number of rotatable bonds is 18. The Hall–Kier alpha value is -8.57. The van der Waals surface area contributed by atoms with E-state index in [0.29, 0.717) is 49.4 Å². The molecular weight excluding hydrogens is 1100 g/mol. The number of halogens is 3. The molecule has 3 aliphatic heterocycles. The molecule has 436 valence electrons. The fourth-order valence-corrected chi connectivity index (χ4v) is 13.1. The zero-order valence-electron chi connectivity index (χ0n) is 46.5. The first-order valence-corrected chi connectivity index (χ1v) is 28.4. The molecule has 1 aliphatic carbocycles. The van der Waals surface area contributed by atoms with E-state index < -0.39 is 84.6 Å². The lowest BCUT2D eigenvalue weighted by Crippen LogP contribution is -2.52. The number of likely N-dealkylation sites (tertiary alicyclic amines) is 1. The number of aryl methyl sites for hydroxylation is 1. The topological polar surface area (TPSA) is 273 Å². The van der Waals surface area contributed by atoms with E-state index in [4.69, 9.17) is 9.72 Å². The average Bonchev–Trinajstić information content (AvgIpc) is 4.10. The van der Waals surface area contributed by atoms with Gasteiger partial charge in [0.1, 0.15) is 42.5 Å². The van der Waals surface area contributed by atoms with Crippen LogP contribution in [0.5, 0.6) is 0 Å². The maximum absolute atomic E-state index is 15.5. The number of hydrogen-bond acceptors (Lipinski definition) is 14. The van der Waals surface area contributed by atoms with Gasteiger partial charge in [0.05, 0.1) is 48.0 Å². The van der Waals surface area contributed by atoms with Crippen LogP contribution in [0.1, 0.15) is 121 Å². The number of carbonyl (C=O) groups excluding carboxylic acids is 5. The van der Waals surface area contributed by atoms with Gasteiger partial charge in [-0.05, 0) is 112 Å². The summed E-state index contributed by atoms with van der Waals surface area (Å²) in [6.07, 6.45) is 0.701. The normalized spacial score (nSPS) is 20.7. The zero-order valence-corrected chi connectivity index (χ0v) is 47.3. The number of piperidine rings is 1. The first-order valence-electron chi connectivity index (χ1n) is 27.0. The minimum Gasteiger partial charge on any atom is -0.443 e. The van der Waals surface area contributed by atoms with Crippen molar-refractivity contribution in [3.63, 3.8) is 0 Å². The maximum atomic E-state index is 15.5. The minimum absolute atomic E-state index is 0.0149. The number of alkyl halides is 3. The molecule has 5 heterocycles. The van der Waals surface area contributed by atoms with Gasteiger partial charge in [0, 0.05) is 78.8 Å². The number of aromatic nitrogens is 4. The molecule has 2 N–H and O–H groups in total. The third-order valence-corrected chi connectivity index (χ3v) is 16.8. The fraction of sp³-hybridized carbons (Fsp3) is 0.421. The van der Waals surface area contributed by atoms with E-state index in [0.717, 1.165) is 54.2 Å².